The summed E-state index contributed by atoms with van der Waals surface area (Å²) in [4.78, 5) is 36.2. The van der Waals surface area contributed by atoms with Crippen LogP contribution in [0.2, 0.25) is 0 Å². The number of carbonyl (C=O) groups excluding carboxylic acids is 2. The fraction of sp³-hybridized carbons (Fsp3) is 0.706. The van der Waals surface area contributed by atoms with Crippen LogP contribution in [0.1, 0.15) is 33.6 Å². The zero-order chi connectivity index (χ0) is 20.4. The van der Waals surface area contributed by atoms with Gasteiger partial charge in [-0.25, -0.2) is 0 Å². The van der Waals surface area contributed by atoms with E-state index in [4.69, 9.17) is 5.11 Å². The van der Waals surface area contributed by atoms with Crippen molar-refractivity contribution in [3.8, 4) is 0 Å². The van der Waals surface area contributed by atoms with E-state index >= 15 is 0 Å². The Kier molecular flexibility index (Phi) is 19.6. The Morgan fingerprint density at radius 3 is 1.89 bits per heavy atom. The van der Waals surface area contributed by atoms with Crippen molar-refractivity contribution in [2.24, 2.45) is 0 Å². The molecule has 0 amide bonds. The van der Waals surface area contributed by atoms with E-state index in [9.17, 15) is 29.7 Å². The second-order valence-electron chi connectivity index (χ2n) is 6.26. The molecule has 2 N–H and O–H groups in total. The third kappa shape index (κ3) is 11.9. The van der Waals surface area contributed by atoms with Gasteiger partial charge in [0.2, 0.25) is 0 Å². The van der Waals surface area contributed by atoms with Crippen LogP contribution in [0.5, 0.6) is 0 Å². The van der Waals surface area contributed by atoms with Gasteiger partial charge < -0.3 is 30.0 Å². The van der Waals surface area contributed by atoms with Crippen molar-refractivity contribution in [1.82, 2.24) is 9.80 Å². The second kappa shape index (κ2) is 16.8. The Hall–Kier alpha value is 0.0300. The van der Waals surface area contributed by atoms with Gasteiger partial charge in [0.25, 0.3) is 0 Å². The van der Waals surface area contributed by atoms with E-state index in [0.29, 0.717) is 12.8 Å². The maximum absolute atomic E-state index is 11.2. The zero-order valence-electron chi connectivity index (χ0n) is 17.5. The van der Waals surface area contributed by atoms with Crippen molar-refractivity contribution in [3.63, 3.8) is 0 Å². The Balaban J connectivity index is -0.00000312. The van der Waals surface area contributed by atoms with E-state index in [0.717, 1.165) is 0 Å². The van der Waals surface area contributed by atoms with Crippen LogP contribution in [0.25, 0.3) is 0 Å². The Bertz CT molecular complexity index is 488. The number of nitrogens with zero attached hydrogens (tertiary/aromatic N) is 2. The number of aliphatic hydroxyl groups excluding tert-OH is 1. The van der Waals surface area contributed by atoms with Gasteiger partial charge in [-0.1, -0.05) is 6.08 Å². The predicted octanol–water partition coefficient (Wildman–Crippen LogP) is -8.32. The van der Waals surface area contributed by atoms with Gasteiger partial charge >= 0.3 is 65.1 Å². The average molecular weight is 418 g/mol. The van der Waals surface area contributed by atoms with Crippen LogP contribution in [0.3, 0.4) is 0 Å². The summed E-state index contributed by atoms with van der Waals surface area (Å²) in [6.07, 6.45) is 1.77. The Morgan fingerprint density at radius 2 is 1.50 bits per heavy atom. The maximum atomic E-state index is 11.2. The molecule has 0 spiro atoms. The van der Waals surface area contributed by atoms with Gasteiger partial charge in [-0.2, -0.15) is 0 Å². The molecule has 9 nitrogen and oxygen atoms in total. The van der Waals surface area contributed by atoms with Crippen LogP contribution >= 0.6 is 0 Å². The number of carboxylic acids is 3. The number of allylic oxidation sites excluding steroid dienone is 1. The van der Waals surface area contributed by atoms with Crippen LogP contribution in [0.4, 0.5) is 0 Å². The molecule has 0 aliphatic heterocycles. The van der Waals surface area contributed by atoms with Gasteiger partial charge in [0.15, 0.2) is 0 Å². The molecule has 0 aliphatic carbocycles. The minimum atomic E-state index is -1.43. The van der Waals surface area contributed by atoms with Crippen LogP contribution < -0.4 is 69.3 Å². The normalized spacial score (nSPS) is 14.9. The Morgan fingerprint density at radius 1 is 1.00 bits per heavy atom. The molecule has 150 valence electrons. The summed E-state index contributed by atoms with van der Waals surface area (Å²) < 4.78 is 0. The van der Waals surface area contributed by atoms with E-state index in [1.54, 1.807) is 6.08 Å². The standard InChI is InChI=1S/C17H30N2O7.2Na/c1-5-6-7-14(20)10-18(11(2)15(21)22)8-9-19(12(3)16(23)24)13(4)17(25)26;;/h5,11-14,20H,1,6-10H2,2-4H3,(H,21,22)(H,23,24)(H,25,26);;/q;2*+1/p-2. The molecular formula is C17H28N2Na2O7. The summed E-state index contributed by atoms with van der Waals surface area (Å²) in [7, 11) is 0. The van der Waals surface area contributed by atoms with Gasteiger partial charge in [0.1, 0.15) is 6.04 Å². The zero-order valence-corrected chi connectivity index (χ0v) is 21.5. The first-order valence-corrected chi connectivity index (χ1v) is 8.46. The number of hydrogen-bond donors (Lipinski definition) is 2. The first kappa shape index (κ1) is 32.7. The molecule has 0 aliphatic rings. The summed E-state index contributed by atoms with van der Waals surface area (Å²) in [6, 6.07) is -3.31. The molecule has 28 heavy (non-hydrogen) atoms. The Labute approximate surface area is 210 Å². The summed E-state index contributed by atoms with van der Waals surface area (Å²) in [5.41, 5.74) is 0. The van der Waals surface area contributed by atoms with E-state index in [1.807, 2.05) is 0 Å². The minimum Gasteiger partial charge on any atom is -0.548 e. The van der Waals surface area contributed by atoms with Crippen molar-refractivity contribution in [2.45, 2.75) is 57.8 Å². The molecule has 0 aromatic rings. The molecule has 0 aromatic heterocycles. The van der Waals surface area contributed by atoms with Crippen molar-refractivity contribution < 1.29 is 93.9 Å². The molecule has 0 aromatic carbocycles. The number of rotatable bonds is 14. The third-order valence-corrected chi connectivity index (χ3v) is 4.38. The van der Waals surface area contributed by atoms with Gasteiger partial charge in [-0.3, -0.25) is 14.6 Å². The molecule has 4 atom stereocenters. The average Bonchev–Trinajstić information content (AvgIpc) is 2.57. The SMILES string of the molecule is C=CCCC(O)CN(CCN(C(C)C(=O)[O-])C(C)C(=O)O)C(C)C(=O)[O-].[Na+].[Na+]. The number of carboxylic acid groups (broad SMARTS) is 3. The second-order valence-corrected chi connectivity index (χ2v) is 6.26. The molecule has 0 radical (unpaired) electrons. The van der Waals surface area contributed by atoms with Crippen molar-refractivity contribution in [3.05, 3.63) is 12.7 Å². The molecular weight excluding hydrogens is 390 g/mol. The smallest absolute Gasteiger partial charge is 0.548 e. The molecule has 0 heterocycles. The summed E-state index contributed by atoms with van der Waals surface area (Å²) in [5.74, 6) is -3.97. The number of hydrogen-bond acceptors (Lipinski definition) is 8. The number of aliphatic carboxylic acids is 3. The summed E-state index contributed by atoms with van der Waals surface area (Å²) in [6.45, 7) is 7.62. The first-order valence-electron chi connectivity index (χ1n) is 8.46. The number of carbonyl (C=O) groups is 3. The summed E-state index contributed by atoms with van der Waals surface area (Å²) >= 11 is 0. The van der Waals surface area contributed by atoms with Crippen LogP contribution in [0.15, 0.2) is 12.7 Å². The van der Waals surface area contributed by atoms with Gasteiger partial charge in [-0.15, -0.1) is 6.58 Å². The third-order valence-electron chi connectivity index (χ3n) is 4.38. The molecule has 11 heteroatoms. The van der Waals surface area contributed by atoms with E-state index in [2.05, 4.69) is 6.58 Å². The summed E-state index contributed by atoms with van der Waals surface area (Å²) in [5, 5.41) is 41.5. The van der Waals surface area contributed by atoms with Gasteiger partial charge in [-0.05, 0) is 33.6 Å². The van der Waals surface area contributed by atoms with Gasteiger partial charge in [0, 0.05) is 31.7 Å². The molecule has 0 saturated heterocycles. The molecule has 0 saturated carbocycles. The van der Waals surface area contributed by atoms with Crippen LogP contribution in [0, 0.1) is 0 Å². The fourth-order valence-corrected chi connectivity index (χ4v) is 2.51. The fourth-order valence-electron chi connectivity index (χ4n) is 2.51. The van der Waals surface area contributed by atoms with Crippen molar-refractivity contribution >= 4 is 17.9 Å². The van der Waals surface area contributed by atoms with Gasteiger partial charge in [0.05, 0.1) is 18.0 Å². The molecule has 0 bridgehead atoms. The predicted molar refractivity (Wildman–Crippen MR) is 89.8 cm³/mol. The van der Waals surface area contributed by atoms with Crippen molar-refractivity contribution in [2.75, 3.05) is 19.6 Å². The van der Waals surface area contributed by atoms with E-state index in [-0.39, 0.29) is 78.7 Å². The maximum Gasteiger partial charge on any atom is 1.00 e. The van der Waals surface area contributed by atoms with E-state index in [1.165, 1.54) is 30.6 Å². The van der Waals surface area contributed by atoms with Crippen LogP contribution in [-0.4, -0.2) is 81.8 Å². The molecule has 4 unspecified atom stereocenters. The number of aliphatic hydroxyl groups is 1. The monoisotopic (exact) mass is 418 g/mol. The topological polar surface area (TPSA) is 144 Å². The van der Waals surface area contributed by atoms with Crippen LogP contribution in [-0.2, 0) is 14.4 Å². The largest absolute Gasteiger partial charge is 1.00 e. The minimum absolute atomic E-state index is 0. The first-order chi connectivity index (χ1) is 12.0. The van der Waals surface area contributed by atoms with Crippen molar-refractivity contribution in [1.29, 1.82) is 0 Å². The molecule has 0 rings (SSSR count). The molecule has 0 fully saturated rings. The quantitative estimate of drug-likeness (QED) is 0.208. The van der Waals surface area contributed by atoms with E-state index < -0.39 is 42.1 Å².